The predicted octanol–water partition coefficient (Wildman–Crippen LogP) is 2.73. The van der Waals surface area contributed by atoms with Gasteiger partial charge >= 0.3 is 0 Å². The van der Waals surface area contributed by atoms with Gasteiger partial charge in [0.1, 0.15) is 5.78 Å². The molecule has 0 amide bonds. The lowest BCUT2D eigenvalue weighted by atomic mass is 10.0. The minimum atomic E-state index is 0.255. The maximum atomic E-state index is 11.1. The molecule has 1 heteroatoms. The van der Waals surface area contributed by atoms with E-state index in [9.17, 15) is 4.79 Å². The summed E-state index contributed by atoms with van der Waals surface area (Å²) in [6.45, 7) is 11.3. The molecule has 0 unspecified atom stereocenters. The van der Waals surface area contributed by atoms with Gasteiger partial charge in [0.15, 0.2) is 0 Å². The van der Waals surface area contributed by atoms with E-state index in [-0.39, 0.29) is 5.78 Å². The predicted molar refractivity (Wildman–Crippen MR) is 48.4 cm³/mol. The zero-order valence-electron chi connectivity index (χ0n) is 7.39. The maximum absolute atomic E-state index is 11.1. The fraction of sp³-hybridized carbons (Fsp3) is 0.500. The highest BCUT2D eigenvalue weighted by molar-refractivity contribution is 5.81. The van der Waals surface area contributed by atoms with Crippen molar-refractivity contribution in [1.29, 1.82) is 0 Å². The average molecular weight is 152 g/mol. The Labute approximate surface area is 68.8 Å². The van der Waals surface area contributed by atoms with Crippen molar-refractivity contribution in [3.05, 3.63) is 24.8 Å². The SMILES string of the molecule is C=CC(=C)CC(=O)CC(C)C. The molecule has 0 rings (SSSR count). The number of hydrogen-bond donors (Lipinski definition) is 0. The molecule has 0 atom stereocenters. The zero-order valence-corrected chi connectivity index (χ0v) is 7.39. The van der Waals surface area contributed by atoms with E-state index in [1.54, 1.807) is 6.08 Å². The highest BCUT2D eigenvalue weighted by Gasteiger charge is 2.04. The van der Waals surface area contributed by atoms with E-state index >= 15 is 0 Å². The molecule has 0 aliphatic heterocycles. The molecule has 0 aromatic rings. The van der Waals surface area contributed by atoms with Crippen LogP contribution in [0.3, 0.4) is 0 Å². The fourth-order valence-electron chi connectivity index (χ4n) is 0.853. The lowest BCUT2D eigenvalue weighted by Crippen LogP contribution is -2.02. The van der Waals surface area contributed by atoms with Gasteiger partial charge in [-0.25, -0.2) is 0 Å². The van der Waals surface area contributed by atoms with Gasteiger partial charge < -0.3 is 0 Å². The molecule has 62 valence electrons. The molecule has 0 bridgehead atoms. The van der Waals surface area contributed by atoms with Crippen LogP contribution in [0.15, 0.2) is 24.8 Å². The first-order valence-electron chi connectivity index (χ1n) is 3.88. The molecule has 0 saturated heterocycles. The highest BCUT2D eigenvalue weighted by Crippen LogP contribution is 2.07. The van der Waals surface area contributed by atoms with E-state index in [4.69, 9.17) is 0 Å². The van der Waals surface area contributed by atoms with Crippen LogP contribution in [0.4, 0.5) is 0 Å². The second-order valence-electron chi connectivity index (χ2n) is 3.18. The first kappa shape index (κ1) is 10.2. The largest absolute Gasteiger partial charge is 0.299 e. The van der Waals surface area contributed by atoms with Crippen LogP contribution in [0, 0.1) is 5.92 Å². The van der Waals surface area contributed by atoms with Crippen LogP contribution in [-0.4, -0.2) is 5.78 Å². The Morgan fingerprint density at radius 3 is 2.45 bits per heavy atom. The third kappa shape index (κ3) is 5.59. The molecular formula is C10H16O. The Balaban J connectivity index is 3.69. The average Bonchev–Trinajstić information content (AvgIpc) is 1.85. The Hall–Kier alpha value is -0.850. The van der Waals surface area contributed by atoms with Crippen LogP contribution in [0.2, 0.25) is 0 Å². The van der Waals surface area contributed by atoms with Gasteiger partial charge in [0.05, 0.1) is 0 Å². The summed E-state index contributed by atoms with van der Waals surface area (Å²) in [7, 11) is 0. The van der Waals surface area contributed by atoms with Gasteiger partial charge in [0.25, 0.3) is 0 Å². The topological polar surface area (TPSA) is 17.1 Å². The number of carbonyl (C=O) groups excluding carboxylic acids is 1. The Morgan fingerprint density at radius 2 is 2.09 bits per heavy atom. The quantitative estimate of drug-likeness (QED) is 0.553. The molecule has 0 aromatic carbocycles. The van der Waals surface area contributed by atoms with Crippen molar-refractivity contribution in [2.24, 2.45) is 5.92 Å². The van der Waals surface area contributed by atoms with Crippen LogP contribution in [-0.2, 0) is 4.79 Å². The van der Waals surface area contributed by atoms with Crippen LogP contribution in [0.25, 0.3) is 0 Å². The smallest absolute Gasteiger partial charge is 0.137 e. The lowest BCUT2D eigenvalue weighted by molar-refractivity contribution is -0.119. The van der Waals surface area contributed by atoms with Crippen molar-refractivity contribution in [2.75, 3.05) is 0 Å². The van der Waals surface area contributed by atoms with Crippen LogP contribution in [0.1, 0.15) is 26.7 Å². The molecule has 11 heavy (non-hydrogen) atoms. The van der Waals surface area contributed by atoms with Gasteiger partial charge in [-0.05, 0) is 11.5 Å². The van der Waals surface area contributed by atoms with Gasteiger partial charge in [-0.2, -0.15) is 0 Å². The van der Waals surface area contributed by atoms with E-state index < -0.39 is 0 Å². The van der Waals surface area contributed by atoms with Gasteiger partial charge in [-0.1, -0.05) is 33.1 Å². The number of ketones is 1. The molecule has 0 N–H and O–H groups in total. The number of rotatable bonds is 5. The monoisotopic (exact) mass is 152 g/mol. The summed E-state index contributed by atoms with van der Waals surface area (Å²) in [5, 5.41) is 0. The summed E-state index contributed by atoms with van der Waals surface area (Å²) in [6.07, 6.45) is 2.74. The molecule has 0 heterocycles. The minimum Gasteiger partial charge on any atom is -0.299 e. The number of carbonyl (C=O) groups is 1. The Bertz CT molecular complexity index is 166. The van der Waals surface area contributed by atoms with Gasteiger partial charge in [-0.3, -0.25) is 4.79 Å². The number of hydrogen-bond acceptors (Lipinski definition) is 1. The normalized spacial score (nSPS) is 9.73. The third-order valence-electron chi connectivity index (χ3n) is 1.35. The number of allylic oxidation sites excluding steroid dienone is 2. The van der Waals surface area contributed by atoms with E-state index in [2.05, 4.69) is 13.2 Å². The van der Waals surface area contributed by atoms with E-state index in [0.717, 1.165) is 5.57 Å². The van der Waals surface area contributed by atoms with E-state index in [1.807, 2.05) is 13.8 Å². The van der Waals surface area contributed by atoms with Crippen molar-refractivity contribution >= 4 is 5.78 Å². The molecule has 0 saturated carbocycles. The molecule has 0 aliphatic carbocycles. The maximum Gasteiger partial charge on any atom is 0.137 e. The first-order chi connectivity index (χ1) is 5.06. The van der Waals surface area contributed by atoms with E-state index in [0.29, 0.717) is 18.8 Å². The van der Waals surface area contributed by atoms with Crippen molar-refractivity contribution in [1.82, 2.24) is 0 Å². The first-order valence-corrected chi connectivity index (χ1v) is 3.88. The summed E-state index contributed by atoms with van der Waals surface area (Å²) < 4.78 is 0. The minimum absolute atomic E-state index is 0.255. The summed E-state index contributed by atoms with van der Waals surface area (Å²) in [5.74, 6) is 0.699. The van der Waals surface area contributed by atoms with Crippen molar-refractivity contribution < 1.29 is 4.79 Å². The van der Waals surface area contributed by atoms with Crippen LogP contribution < -0.4 is 0 Å². The molecule has 0 radical (unpaired) electrons. The zero-order chi connectivity index (χ0) is 8.85. The molecule has 0 spiro atoms. The molecule has 0 fully saturated rings. The van der Waals surface area contributed by atoms with Crippen molar-refractivity contribution in [3.63, 3.8) is 0 Å². The molecular weight excluding hydrogens is 136 g/mol. The van der Waals surface area contributed by atoms with Gasteiger partial charge in [-0.15, -0.1) is 0 Å². The lowest BCUT2D eigenvalue weighted by Gasteiger charge is -2.02. The van der Waals surface area contributed by atoms with Gasteiger partial charge in [0, 0.05) is 12.8 Å². The second-order valence-corrected chi connectivity index (χ2v) is 3.18. The molecule has 0 aromatic heterocycles. The molecule has 0 aliphatic rings. The Morgan fingerprint density at radius 1 is 1.55 bits per heavy atom. The summed E-state index contributed by atoms with van der Waals surface area (Å²) in [5.41, 5.74) is 0.815. The van der Waals surface area contributed by atoms with Crippen LogP contribution in [0.5, 0.6) is 0 Å². The van der Waals surface area contributed by atoms with Gasteiger partial charge in [0.2, 0.25) is 0 Å². The van der Waals surface area contributed by atoms with Crippen molar-refractivity contribution in [2.45, 2.75) is 26.7 Å². The summed E-state index contributed by atoms with van der Waals surface area (Å²) >= 11 is 0. The third-order valence-corrected chi connectivity index (χ3v) is 1.35. The standard InChI is InChI=1S/C10H16O/c1-5-9(4)7-10(11)6-8(2)3/h5,8H,1,4,6-7H2,2-3H3. The summed E-state index contributed by atoms with van der Waals surface area (Å²) in [4.78, 5) is 11.1. The summed E-state index contributed by atoms with van der Waals surface area (Å²) in [6, 6.07) is 0. The van der Waals surface area contributed by atoms with Crippen molar-refractivity contribution in [3.8, 4) is 0 Å². The Kier molecular flexibility index (Phi) is 4.51. The van der Waals surface area contributed by atoms with E-state index in [1.165, 1.54) is 0 Å². The molecule has 1 nitrogen and oxygen atoms in total. The fourth-order valence-corrected chi connectivity index (χ4v) is 0.853. The van der Waals surface area contributed by atoms with Crippen LogP contribution >= 0.6 is 0 Å². The number of Topliss-reactive ketones (excluding diaryl/α,β-unsaturated/α-hetero) is 1. The second kappa shape index (κ2) is 4.89. The highest BCUT2D eigenvalue weighted by atomic mass is 16.1.